The number of halogens is 1. The number of anilines is 1. The topological polar surface area (TPSA) is 67.6 Å². The lowest BCUT2D eigenvalue weighted by atomic mass is 10.2. The normalized spacial score (nSPS) is 10.6. The first-order chi connectivity index (χ1) is 7.72. The Labute approximate surface area is 102 Å². The maximum atomic E-state index is 5.96. The van der Waals surface area contributed by atoms with Gasteiger partial charge in [0.05, 0.1) is 5.69 Å². The van der Waals surface area contributed by atoms with Crippen molar-refractivity contribution in [3.8, 4) is 11.4 Å². The van der Waals surface area contributed by atoms with E-state index in [9.17, 15) is 0 Å². The summed E-state index contributed by atoms with van der Waals surface area (Å²) in [5, 5.41) is 7.09. The van der Waals surface area contributed by atoms with Gasteiger partial charge in [0.25, 0.3) is 0 Å². The molecule has 16 heavy (non-hydrogen) atoms. The van der Waals surface area contributed by atoms with E-state index in [2.05, 4.69) is 38.0 Å². The van der Waals surface area contributed by atoms with Gasteiger partial charge < -0.3 is 5.73 Å². The largest absolute Gasteiger partial charge is 0.397 e. The molecule has 0 atom stereocenters. The number of aryl methyl sites for hydroxylation is 1. The number of nitrogens with zero attached hydrogens (tertiary/aromatic N) is 2. The second-order valence-corrected chi connectivity index (χ2v) is 4.41. The summed E-state index contributed by atoms with van der Waals surface area (Å²) in [6, 6.07) is 5.74. The Morgan fingerprint density at radius 3 is 3.00 bits per heavy atom. The lowest BCUT2D eigenvalue weighted by molar-refractivity contribution is 0.841. The first-order valence-corrected chi connectivity index (χ1v) is 5.97. The molecule has 0 saturated heterocycles. The van der Waals surface area contributed by atoms with Crippen LogP contribution in [0, 0.1) is 0 Å². The average Bonchev–Trinajstić information content (AvgIpc) is 2.71. The molecule has 0 aliphatic rings. The van der Waals surface area contributed by atoms with Gasteiger partial charge in [-0.15, -0.1) is 0 Å². The zero-order chi connectivity index (χ0) is 11.5. The van der Waals surface area contributed by atoms with Crippen molar-refractivity contribution >= 4 is 21.6 Å². The van der Waals surface area contributed by atoms with Gasteiger partial charge in [0.2, 0.25) is 0 Å². The molecule has 2 rings (SSSR count). The Bertz CT molecular complexity index is 492. The molecule has 4 nitrogen and oxygen atoms in total. The summed E-state index contributed by atoms with van der Waals surface area (Å²) in [4.78, 5) is 4.40. The number of aromatic nitrogens is 3. The maximum absolute atomic E-state index is 5.96. The molecule has 0 amide bonds. The van der Waals surface area contributed by atoms with Crippen molar-refractivity contribution in [1.29, 1.82) is 0 Å². The van der Waals surface area contributed by atoms with Crippen molar-refractivity contribution in [2.24, 2.45) is 0 Å². The number of benzene rings is 1. The molecule has 5 heteroatoms. The van der Waals surface area contributed by atoms with Gasteiger partial charge in [0.15, 0.2) is 5.82 Å². The number of hydrogen-bond acceptors (Lipinski definition) is 3. The van der Waals surface area contributed by atoms with E-state index < -0.39 is 0 Å². The molecule has 0 aliphatic carbocycles. The molecule has 0 aliphatic heterocycles. The van der Waals surface area contributed by atoms with Crippen LogP contribution in [0.25, 0.3) is 11.4 Å². The Morgan fingerprint density at radius 2 is 2.25 bits per heavy atom. The molecule has 0 spiro atoms. The van der Waals surface area contributed by atoms with Crippen LogP contribution < -0.4 is 5.73 Å². The number of rotatable bonds is 3. The van der Waals surface area contributed by atoms with Crippen LogP contribution in [0.4, 0.5) is 5.69 Å². The van der Waals surface area contributed by atoms with Gasteiger partial charge in [-0.1, -0.05) is 13.0 Å². The minimum absolute atomic E-state index is 0.655. The Kier molecular flexibility index (Phi) is 3.24. The van der Waals surface area contributed by atoms with Crippen LogP contribution in [-0.4, -0.2) is 15.2 Å². The lowest BCUT2D eigenvalue weighted by Gasteiger charge is -2.02. The average molecular weight is 281 g/mol. The van der Waals surface area contributed by atoms with Gasteiger partial charge in [0, 0.05) is 16.5 Å². The molecule has 0 fully saturated rings. The Balaban J connectivity index is 2.39. The van der Waals surface area contributed by atoms with E-state index in [1.54, 1.807) is 0 Å². The van der Waals surface area contributed by atoms with E-state index in [0.29, 0.717) is 11.5 Å². The minimum atomic E-state index is 0.655. The van der Waals surface area contributed by atoms with Crippen LogP contribution in [0.1, 0.15) is 19.2 Å². The SMILES string of the molecule is CCCc1nc(-c2cccc(Br)c2N)n[nH]1. The van der Waals surface area contributed by atoms with Crippen molar-refractivity contribution < 1.29 is 0 Å². The number of H-pyrrole nitrogens is 1. The van der Waals surface area contributed by atoms with E-state index in [-0.39, 0.29) is 0 Å². The number of nitrogens with two attached hydrogens (primary N) is 1. The summed E-state index contributed by atoms with van der Waals surface area (Å²) in [6.45, 7) is 2.11. The van der Waals surface area contributed by atoms with Crippen molar-refractivity contribution in [1.82, 2.24) is 15.2 Å². The molecule has 1 aromatic heterocycles. The quantitative estimate of drug-likeness (QED) is 0.850. The van der Waals surface area contributed by atoms with E-state index in [1.165, 1.54) is 0 Å². The second-order valence-electron chi connectivity index (χ2n) is 3.56. The summed E-state index contributed by atoms with van der Waals surface area (Å²) in [5.74, 6) is 1.55. The molecule has 0 unspecified atom stereocenters. The molecule has 84 valence electrons. The molecule has 2 aromatic rings. The van der Waals surface area contributed by atoms with Crippen LogP contribution in [0.2, 0.25) is 0 Å². The maximum Gasteiger partial charge on any atom is 0.183 e. The predicted octanol–water partition coefficient (Wildman–Crippen LogP) is 2.77. The fraction of sp³-hybridized carbons (Fsp3) is 0.273. The third-order valence-corrected chi connectivity index (χ3v) is 3.00. The smallest absolute Gasteiger partial charge is 0.183 e. The van der Waals surface area contributed by atoms with Crippen LogP contribution in [-0.2, 0) is 6.42 Å². The minimum Gasteiger partial charge on any atom is -0.397 e. The fourth-order valence-electron chi connectivity index (χ4n) is 1.50. The molecule has 1 aromatic carbocycles. The second kappa shape index (κ2) is 4.65. The third kappa shape index (κ3) is 2.09. The summed E-state index contributed by atoms with van der Waals surface area (Å²) in [7, 11) is 0. The molecular formula is C11H13BrN4. The molecule has 1 heterocycles. The van der Waals surface area contributed by atoms with Crippen molar-refractivity contribution in [2.45, 2.75) is 19.8 Å². The van der Waals surface area contributed by atoms with E-state index in [4.69, 9.17) is 5.73 Å². The van der Waals surface area contributed by atoms with Gasteiger partial charge in [-0.25, -0.2) is 4.98 Å². The highest BCUT2D eigenvalue weighted by Gasteiger charge is 2.10. The van der Waals surface area contributed by atoms with Crippen molar-refractivity contribution in [3.05, 3.63) is 28.5 Å². The highest BCUT2D eigenvalue weighted by atomic mass is 79.9. The summed E-state index contributed by atoms with van der Waals surface area (Å²) in [6.07, 6.45) is 1.95. The highest BCUT2D eigenvalue weighted by Crippen LogP contribution is 2.29. The van der Waals surface area contributed by atoms with Crippen LogP contribution in [0.15, 0.2) is 22.7 Å². The molecule has 0 radical (unpaired) electrons. The van der Waals surface area contributed by atoms with Crippen molar-refractivity contribution in [3.63, 3.8) is 0 Å². The number of nitrogens with one attached hydrogen (secondary N) is 1. The Hall–Kier alpha value is -1.36. The van der Waals surface area contributed by atoms with Gasteiger partial charge in [0.1, 0.15) is 5.82 Å². The van der Waals surface area contributed by atoms with E-state index in [1.807, 2.05) is 18.2 Å². The molecular weight excluding hydrogens is 268 g/mol. The third-order valence-electron chi connectivity index (χ3n) is 2.31. The summed E-state index contributed by atoms with van der Waals surface area (Å²) < 4.78 is 0.867. The van der Waals surface area contributed by atoms with Gasteiger partial charge in [-0.05, 0) is 34.5 Å². The number of hydrogen-bond donors (Lipinski definition) is 2. The van der Waals surface area contributed by atoms with Gasteiger partial charge in [-0.3, -0.25) is 5.10 Å². The fourth-order valence-corrected chi connectivity index (χ4v) is 1.86. The Morgan fingerprint density at radius 1 is 1.44 bits per heavy atom. The first kappa shape index (κ1) is 11.1. The molecule has 0 saturated carbocycles. The van der Waals surface area contributed by atoms with Crippen LogP contribution in [0.5, 0.6) is 0 Å². The zero-order valence-electron chi connectivity index (χ0n) is 9.00. The zero-order valence-corrected chi connectivity index (χ0v) is 10.6. The van der Waals surface area contributed by atoms with E-state index in [0.717, 1.165) is 28.7 Å². The number of para-hydroxylation sites is 1. The lowest BCUT2D eigenvalue weighted by Crippen LogP contribution is -1.92. The highest BCUT2D eigenvalue weighted by molar-refractivity contribution is 9.10. The number of aromatic amines is 1. The van der Waals surface area contributed by atoms with Gasteiger partial charge >= 0.3 is 0 Å². The first-order valence-electron chi connectivity index (χ1n) is 5.18. The predicted molar refractivity (Wildman–Crippen MR) is 67.9 cm³/mol. The standard InChI is InChI=1S/C11H13BrN4/c1-2-4-9-14-11(16-15-9)7-5-3-6-8(12)10(7)13/h3,5-6H,2,4,13H2,1H3,(H,14,15,16). The van der Waals surface area contributed by atoms with Crippen molar-refractivity contribution in [2.75, 3.05) is 5.73 Å². The number of nitrogen functional groups attached to an aromatic ring is 1. The van der Waals surface area contributed by atoms with E-state index >= 15 is 0 Å². The molecule has 0 bridgehead atoms. The van der Waals surface area contributed by atoms with Crippen LogP contribution >= 0.6 is 15.9 Å². The summed E-state index contributed by atoms with van der Waals surface area (Å²) in [5.41, 5.74) is 7.48. The summed E-state index contributed by atoms with van der Waals surface area (Å²) >= 11 is 3.39. The van der Waals surface area contributed by atoms with Crippen LogP contribution in [0.3, 0.4) is 0 Å². The monoisotopic (exact) mass is 280 g/mol. The molecule has 3 N–H and O–H groups in total. The van der Waals surface area contributed by atoms with Gasteiger partial charge in [-0.2, -0.15) is 5.10 Å².